The van der Waals surface area contributed by atoms with E-state index in [0.29, 0.717) is 18.6 Å². The number of nitrogens with zero attached hydrogens (tertiary/aromatic N) is 2. The van der Waals surface area contributed by atoms with Crippen molar-refractivity contribution in [2.45, 2.75) is 42.9 Å². The zero-order valence-corrected chi connectivity index (χ0v) is 22.4. The smallest absolute Gasteiger partial charge is 0.268 e. The summed E-state index contributed by atoms with van der Waals surface area (Å²) < 4.78 is 39.8. The van der Waals surface area contributed by atoms with Crippen molar-refractivity contribution in [1.29, 1.82) is 0 Å². The molecule has 3 N–H and O–H groups in total. The van der Waals surface area contributed by atoms with Crippen LogP contribution in [0.15, 0.2) is 59.5 Å². The van der Waals surface area contributed by atoms with Crippen LogP contribution in [-0.4, -0.2) is 67.2 Å². The summed E-state index contributed by atoms with van der Waals surface area (Å²) in [5, 5.41) is 10.2. The summed E-state index contributed by atoms with van der Waals surface area (Å²) in [5.41, 5.74) is 2.54. The lowest BCUT2D eigenvalue weighted by Crippen LogP contribution is -2.77. The average Bonchev–Trinajstić information content (AvgIpc) is 2.88. The van der Waals surface area contributed by atoms with E-state index in [1.807, 2.05) is 37.3 Å². The number of nitrogens with one attached hydrogen (secondary N) is 2. The summed E-state index contributed by atoms with van der Waals surface area (Å²) in [6, 6.07) is 15.5. The van der Waals surface area contributed by atoms with Crippen molar-refractivity contribution in [3.63, 3.8) is 0 Å². The summed E-state index contributed by atoms with van der Waals surface area (Å²) >= 11 is 0. The molecule has 1 aliphatic carbocycles. The Morgan fingerprint density at radius 3 is 2.49 bits per heavy atom. The Labute approximate surface area is 226 Å². The Hall–Kier alpha value is -3.58. The predicted molar refractivity (Wildman–Crippen MR) is 140 cm³/mol. The normalized spacial score (nSPS) is 20.1. The molecule has 0 radical (unpaired) electrons. The number of rotatable bonds is 9. The number of carbonyl (C=O) groups excluding carboxylic acids is 2. The van der Waals surface area contributed by atoms with Crippen LogP contribution in [0.3, 0.4) is 0 Å². The minimum atomic E-state index is -4.17. The van der Waals surface area contributed by atoms with Gasteiger partial charge < -0.3 is 14.4 Å². The lowest BCUT2D eigenvalue weighted by atomic mass is 9.79. The second-order valence-corrected chi connectivity index (χ2v) is 11.7. The number of fused-ring (bicyclic) bond motifs is 1. The van der Waals surface area contributed by atoms with Crippen LogP contribution in [-0.2, 0) is 31.0 Å². The molecule has 206 valence electrons. The van der Waals surface area contributed by atoms with Crippen LogP contribution in [0.25, 0.3) is 10.9 Å². The van der Waals surface area contributed by atoms with E-state index in [0.717, 1.165) is 22.2 Å². The van der Waals surface area contributed by atoms with Gasteiger partial charge in [0.25, 0.3) is 5.91 Å². The van der Waals surface area contributed by atoms with Crippen LogP contribution in [0, 0.1) is 12.8 Å². The minimum Gasteiger partial charge on any atom is -0.489 e. The fourth-order valence-corrected chi connectivity index (χ4v) is 6.40. The van der Waals surface area contributed by atoms with Crippen molar-refractivity contribution in [3.05, 3.63) is 65.9 Å². The number of carbonyl (C=O) groups is 2. The second-order valence-electron chi connectivity index (χ2n) is 10.0. The van der Waals surface area contributed by atoms with Gasteiger partial charge in [-0.15, -0.1) is 0 Å². The zero-order valence-electron chi connectivity index (χ0n) is 21.6. The molecule has 1 aliphatic heterocycles. The molecular weight excluding hydrogens is 524 g/mol. The van der Waals surface area contributed by atoms with Gasteiger partial charge in [0, 0.05) is 29.7 Å². The van der Waals surface area contributed by atoms with E-state index < -0.39 is 21.5 Å². The fourth-order valence-electron chi connectivity index (χ4n) is 5.05. The maximum Gasteiger partial charge on any atom is 0.268 e. The van der Waals surface area contributed by atoms with Crippen LogP contribution in [0.4, 0.5) is 0 Å². The predicted octanol–water partition coefficient (Wildman–Crippen LogP) is 1.91. The maximum absolute atomic E-state index is 13.2. The number of pyridine rings is 1. The van der Waals surface area contributed by atoms with Crippen LogP contribution >= 0.6 is 0 Å². The highest BCUT2D eigenvalue weighted by atomic mass is 32.2. The first kappa shape index (κ1) is 27.0. The number of aryl methyl sites for hydroxylation is 1. The highest BCUT2D eigenvalue weighted by Gasteiger charge is 2.55. The molecule has 39 heavy (non-hydrogen) atoms. The number of amides is 2. The Morgan fingerprint density at radius 2 is 1.82 bits per heavy atom. The molecule has 12 heteroatoms. The number of benzene rings is 2. The van der Waals surface area contributed by atoms with Crippen molar-refractivity contribution in [1.82, 2.24) is 20.1 Å². The Balaban J connectivity index is 1.25. The number of likely N-dealkylation sites (tertiary alicyclic amines) is 1. The molecule has 3 aromatic rings. The molecule has 2 fully saturated rings. The van der Waals surface area contributed by atoms with E-state index in [1.54, 1.807) is 7.11 Å². The highest BCUT2D eigenvalue weighted by Crippen LogP contribution is 2.35. The molecular formula is C27H30N4O7S. The molecule has 2 aliphatic rings. The topological polar surface area (TPSA) is 147 Å². The molecule has 11 nitrogen and oxygen atoms in total. The quantitative estimate of drug-likeness (QED) is 0.269. The largest absolute Gasteiger partial charge is 0.489 e. The first-order valence-corrected chi connectivity index (χ1v) is 14.0. The third kappa shape index (κ3) is 5.33. The van der Waals surface area contributed by atoms with Gasteiger partial charge >= 0.3 is 0 Å². The molecule has 2 aromatic carbocycles. The van der Waals surface area contributed by atoms with Gasteiger partial charge in [-0.3, -0.25) is 19.8 Å². The highest BCUT2D eigenvalue weighted by molar-refractivity contribution is 7.89. The van der Waals surface area contributed by atoms with Crippen LogP contribution in [0.1, 0.15) is 24.1 Å². The third-order valence-corrected chi connectivity index (χ3v) is 8.89. The van der Waals surface area contributed by atoms with Crippen molar-refractivity contribution >= 4 is 32.7 Å². The molecule has 1 saturated heterocycles. The van der Waals surface area contributed by atoms with E-state index >= 15 is 0 Å². The standard InChI is InChI=1S/C27H30N4O7S/c1-17-11-19(23-5-3-4-6-24(23)28-17)14-38-20-7-9-22(10-8-20)39(35,36)30-27(26(33)29-34)15-31(16-27)25(32)18-12-21(13-18)37-2/h3-11,18,21,30,34H,12-16H2,1-2H3,(H,29,33)/t18-,21+. The fraction of sp³-hybridized carbons (Fsp3) is 0.370. The Kier molecular flexibility index (Phi) is 7.29. The molecule has 0 spiro atoms. The Morgan fingerprint density at radius 1 is 1.13 bits per heavy atom. The van der Waals surface area contributed by atoms with Crippen LogP contribution in [0.2, 0.25) is 0 Å². The SMILES string of the molecule is CO[C@H]1C[C@@H](C(=O)N2CC(NS(=O)(=O)c3ccc(OCc4cc(C)nc5ccccc45)cc3)(C(=O)NO)C2)C1. The summed E-state index contributed by atoms with van der Waals surface area (Å²) in [6.07, 6.45) is 1.20. The summed E-state index contributed by atoms with van der Waals surface area (Å²) in [7, 11) is -2.58. The molecule has 0 atom stereocenters. The summed E-state index contributed by atoms with van der Waals surface area (Å²) in [5.74, 6) is -0.852. The number of hydrogen-bond donors (Lipinski definition) is 3. The number of aromatic nitrogens is 1. The van der Waals surface area contributed by atoms with Gasteiger partial charge in [-0.05, 0) is 56.2 Å². The molecule has 5 rings (SSSR count). The number of methoxy groups -OCH3 is 1. The van der Waals surface area contributed by atoms with Crippen molar-refractivity contribution in [2.75, 3.05) is 20.2 Å². The lowest BCUT2D eigenvalue weighted by Gasteiger charge is -2.50. The summed E-state index contributed by atoms with van der Waals surface area (Å²) in [4.78, 5) is 31.0. The van der Waals surface area contributed by atoms with Crippen molar-refractivity contribution in [2.24, 2.45) is 5.92 Å². The Bertz CT molecular complexity index is 1500. The number of hydroxylamine groups is 1. The first-order valence-electron chi connectivity index (χ1n) is 12.5. The molecule has 0 bridgehead atoms. The minimum absolute atomic E-state index is 0.0318. The second kappa shape index (κ2) is 10.5. The van der Waals surface area contributed by atoms with E-state index in [1.165, 1.54) is 34.6 Å². The zero-order chi connectivity index (χ0) is 27.8. The van der Waals surface area contributed by atoms with E-state index in [2.05, 4.69) is 9.71 Å². The molecule has 2 heterocycles. The van der Waals surface area contributed by atoms with Gasteiger partial charge in [0.15, 0.2) is 0 Å². The monoisotopic (exact) mass is 554 g/mol. The number of ether oxygens (including phenoxy) is 2. The number of sulfonamides is 1. The van der Waals surface area contributed by atoms with Crippen molar-refractivity contribution in [3.8, 4) is 5.75 Å². The lowest BCUT2D eigenvalue weighted by molar-refractivity contribution is -0.158. The average molecular weight is 555 g/mol. The van der Waals surface area contributed by atoms with Gasteiger partial charge in [0.1, 0.15) is 17.9 Å². The molecule has 1 aromatic heterocycles. The number of para-hydroxylation sites is 1. The van der Waals surface area contributed by atoms with E-state index in [4.69, 9.17) is 9.47 Å². The van der Waals surface area contributed by atoms with Crippen LogP contribution in [0.5, 0.6) is 5.75 Å². The van der Waals surface area contributed by atoms with Gasteiger partial charge in [0.2, 0.25) is 15.9 Å². The van der Waals surface area contributed by atoms with E-state index in [-0.39, 0.29) is 42.5 Å². The molecule has 1 saturated carbocycles. The van der Waals surface area contributed by atoms with Gasteiger partial charge in [-0.2, -0.15) is 4.72 Å². The van der Waals surface area contributed by atoms with Crippen LogP contribution < -0.4 is 14.9 Å². The summed E-state index contributed by atoms with van der Waals surface area (Å²) in [6.45, 7) is 1.80. The van der Waals surface area contributed by atoms with Gasteiger partial charge in [-0.25, -0.2) is 13.9 Å². The maximum atomic E-state index is 13.2. The first-order chi connectivity index (χ1) is 18.6. The molecule has 0 unspecified atom stereocenters. The van der Waals surface area contributed by atoms with Gasteiger partial charge in [-0.1, -0.05) is 18.2 Å². The third-order valence-electron chi connectivity index (χ3n) is 7.33. The molecule has 2 amide bonds. The number of hydrogen-bond acceptors (Lipinski definition) is 8. The van der Waals surface area contributed by atoms with E-state index in [9.17, 15) is 23.2 Å². The van der Waals surface area contributed by atoms with Gasteiger partial charge in [0.05, 0.1) is 29.6 Å². The van der Waals surface area contributed by atoms with Crippen molar-refractivity contribution < 1.29 is 32.7 Å².